The maximum absolute atomic E-state index is 10.8. The molecule has 4 nitrogen and oxygen atoms in total. The van der Waals surface area contributed by atoms with Gasteiger partial charge in [-0.1, -0.05) is 34.1 Å². The molecule has 0 aliphatic carbocycles. The molecule has 0 N–H and O–H groups in total. The second-order valence-corrected chi connectivity index (χ2v) is 4.20. The molecule has 0 fully saturated rings. The molecule has 0 bridgehead atoms. The third kappa shape index (κ3) is 2.82. The zero-order valence-corrected chi connectivity index (χ0v) is 10.3. The van der Waals surface area contributed by atoms with E-state index in [9.17, 15) is 10.1 Å². The maximum atomic E-state index is 10.8. The third-order valence-corrected chi connectivity index (χ3v) is 2.58. The maximum Gasteiger partial charge on any atom is 0.311 e. The number of ether oxygens (including phenoxy) is 1. The number of halogens is 1. The Balaban J connectivity index is 2.37. The van der Waals surface area contributed by atoms with Gasteiger partial charge in [-0.2, -0.15) is 0 Å². The van der Waals surface area contributed by atoms with E-state index in [0.717, 1.165) is 4.47 Å². The summed E-state index contributed by atoms with van der Waals surface area (Å²) >= 11 is 3.26. The van der Waals surface area contributed by atoms with Crippen molar-refractivity contribution in [1.82, 2.24) is 0 Å². The Labute approximate surface area is 106 Å². The number of nitrogens with zero attached hydrogens (tertiary/aromatic N) is 1. The van der Waals surface area contributed by atoms with Crippen molar-refractivity contribution in [3.8, 4) is 11.5 Å². The van der Waals surface area contributed by atoms with Crippen molar-refractivity contribution >= 4 is 21.6 Å². The fourth-order valence-electron chi connectivity index (χ4n) is 1.34. The van der Waals surface area contributed by atoms with E-state index in [1.807, 2.05) is 6.07 Å². The smallest absolute Gasteiger partial charge is 0.311 e. The van der Waals surface area contributed by atoms with Gasteiger partial charge in [-0.15, -0.1) is 0 Å². The molecule has 0 heterocycles. The average Bonchev–Trinajstić information content (AvgIpc) is 2.30. The van der Waals surface area contributed by atoms with Crippen LogP contribution >= 0.6 is 15.9 Å². The van der Waals surface area contributed by atoms with E-state index in [2.05, 4.69) is 15.9 Å². The van der Waals surface area contributed by atoms with Gasteiger partial charge < -0.3 is 4.74 Å². The first kappa shape index (κ1) is 11.6. The predicted octanol–water partition coefficient (Wildman–Crippen LogP) is 4.15. The van der Waals surface area contributed by atoms with Crippen LogP contribution < -0.4 is 4.74 Å². The zero-order chi connectivity index (χ0) is 12.3. The summed E-state index contributed by atoms with van der Waals surface area (Å²) in [7, 11) is 0. The molecular formula is C12H8BrNO3. The standard InChI is InChI=1S/C12H8BrNO3/c13-9-6-7-11(14(15)16)12(8-9)17-10-4-2-1-3-5-10/h1-8H. The van der Waals surface area contributed by atoms with Gasteiger partial charge in [0.2, 0.25) is 5.75 Å². The van der Waals surface area contributed by atoms with Crippen LogP contribution in [-0.2, 0) is 0 Å². The van der Waals surface area contributed by atoms with Crippen molar-refractivity contribution in [2.45, 2.75) is 0 Å². The van der Waals surface area contributed by atoms with Gasteiger partial charge in [0.1, 0.15) is 5.75 Å². The summed E-state index contributed by atoms with van der Waals surface area (Å²) in [5.74, 6) is 0.782. The highest BCUT2D eigenvalue weighted by atomic mass is 79.9. The van der Waals surface area contributed by atoms with Crippen molar-refractivity contribution in [3.05, 3.63) is 63.1 Å². The number of hydrogen-bond donors (Lipinski definition) is 0. The molecule has 2 aromatic rings. The number of para-hydroxylation sites is 1. The lowest BCUT2D eigenvalue weighted by atomic mass is 10.3. The highest BCUT2D eigenvalue weighted by Crippen LogP contribution is 2.33. The summed E-state index contributed by atoms with van der Waals surface area (Å²) in [6.07, 6.45) is 0. The summed E-state index contributed by atoms with van der Waals surface area (Å²) in [5.41, 5.74) is -0.0583. The molecule has 0 atom stereocenters. The molecule has 0 amide bonds. The molecule has 0 aliphatic rings. The quantitative estimate of drug-likeness (QED) is 0.631. The normalized spacial score (nSPS) is 9.94. The van der Waals surface area contributed by atoms with Crippen molar-refractivity contribution in [3.63, 3.8) is 0 Å². The lowest BCUT2D eigenvalue weighted by molar-refractivity contribution is -0.385. The Hall–Kier alpha value is -1.88. The van der Waals surface area contributed by atoms with Crippen molar-refractivity contribution in [1.29, 1.82) is 0 Å². The van der Waals surface area contributed by atoms with Crippen LogP contribution in [0.15, 0.2) is 53.0 Å². The van der Waals surface area contributed by atoms with Crippen LogP contribution in [0.5, 0.6) is 11.5 Å². The number of nitro benzene ring substituents is 1. The molecule has 2 rings (SSSR count). The Morgan fingerprint density at radius 2 is 1.82 bits per heavy atom. The van der Waals surface area contributed by atoms with E-state index in [0.29, 0.717) is 5.75 Å². The number of nitro groups is 1. The van der Waals surface area contributed by atoms with Crippen LogP contribution in [0.4, 0.5) is 5.69 Å². The van der Waals surface area contributed by atoms with Crippen molar-refractivity contribution in [2.24, 2.45) is 0 Å². The highest BCUT2D eigenvalue weighted by Gasteiger charge is 2.15. The summed E-state index contributed by atoms with van der Waals surface area (Å²) < 4.78 is 6.21. The van der Waals surface area contributed by atoms with E-state index in [1.165, 1.54) is 6.07 Å². The van der Waals surface area contributed by atoms with Crippen LogP contribution in [0, 0.1) is 10.1 Å². The largest absolute Gasteiger partial charge is 0.450 e. The minimum absolute atomic E-state index is 0.0583. The van der Waals surface area contributed by atoms with Gasteiger partial charge in [0, 0.05) is 16.6 Å². The molecule has 0 saturated carbocycles. The molecule has 0 aromatic heterocycles. The molecule has 0 unspecified atom stereocenters. The van der Waals surface area contributed by atoms with Gasteiger partial charge >= 0.3 is 5.69 Å². The zero-order valence-electron chi connectivity index (χ0n) is 8.67. The SMILES string of the molecule is O=[N+]([O-])c1ccc(Br)cc1Oc1ccccc1. The van der Waals surface area contributed by atoms with Crippen molar-refractivity contribution < 1.29 is 9.66 Å². The fourth-order valence-corrected chi connectivity index (χ4v) is 1.68. The second kappa shape index (κ2) is 4.97. The summed E-state index contributed by atoms with van der Waals surface area (Å²) in [6.45, 7) is 0. The molecule has 2 aromatic carbocycles. The summed E-state index contributed by atoms with van der Waals surface area (Å²) in [6, 6.07) is 13.5. The summed E-state index contributed by atoms with van der Waals surface area (Å²) in [4.78, 5) is 10.4. The Bertz CT molecular complexity index is 543. The van der Waals surface area contributed by atoms with Crippen LogP contribution in [0.25, 0.3) is 0 Å². The molecule has 0 radical (unpaired) electrons. The van der Waals surface area contributed by atoms with Crippen LogP contribution in [0.2, 0.25) is 0 Å². The Morgan fingerprint density at radius 1 is 1.12 bits per heavy atom. The molecule has 0 aliphatic heterocycles. The minimum Gasteiger partial charge on any atom is -0.450 e. The monoisotopic (exact) mass is 293 g/mol. The third-order valence-electron chi connectivity index (χ3n) is 2.09. The number of benzene rings is 2. The van der Waals surface area contributed by atoms with E-state index >= 15 is 0 Å². The Kier molecular flexibility index (Phi) is 3.39. The van der Waals surface area contributed by atoms with E-state index < -0.39 is 4.92 Å². The second-order valence-electron chi connectivity index (χ2n) is 3.28. The molecule has 86 valence electrons. The van der Waals surface area contributed by atoms with Gasteiger partial charge in [-0.25, -0.2) is 0 Å². The number of rotatable bonds is 3. The van der Waals surface area contributed by atoms with E-state index in [-0.39, 0.29) is 11.4 Å². The minimum atomic E-state index is -0.468. The first-order valence-corrected chi connectivity index (χ1v) is 5.63. The molecule has 0 saturated heterocycles. The van der Waals surface area contributed by atoms with Gasteiger partial charge in [-0.3, -0.25) is 10.1 Å². The van der Waals surface area contributed by atoms with E-state index in [1.54, 1.807) is 36.4 Å². The van der Waals surface area contributed by atoms with Gasteiger partial charge in [0.25, 0.3) is 0 Å². The molecule has 5 heteroatoms. The lowest BCUT2D eigenvalue weighted by Crippen LogP contribution is -1.93. The number of hydrogen-bond acceptors (Lipinski definition) is 3. The van der Waals surface area contributed by atoms with Crippen LogP contribution in [0.1, 0.15) is 0 Å². The molecular weight excluding hydrogens is 286 g/mol. The van der Waals surface area contributed by atoms with Gasteiger partial charge in [0.05, 0.1) is 4.92 Å². The predicted molar refractivity (Wildman–Crippen MR) is 67.3 cm³/mol. The Morgan fingerprint density at radius 3 is 2.47 bits per heavy atom. The van der Waals surface area contributed by atoms with Crippen LogP contribution in [0.3, 0.4) is 0 Å². The molecule has 0 spiro atoms. The van der Waals surface area contributed by atoms with Gasteiger partial charge in [-0.05, 0) is 18.2 Å². The highest BCUT2D eigenvalue weighted by molar-refractivity contribution is 9.10. The first-order chi connectivity index (χ1) is 8.16. The van der Waals surface area contributed by atoms with Gasteiger partial charge in [0.15, 0.2) is 0 Å². The average molecular weight is 294 g/mol. The lowest BCUT2D eigenvalue weighted by Gasteiger charge is -2.06. The van der Waals surface area contributed by atoms with E-state index in [4.69, 9.17) is 4.74 Å². The summed E-state index contributed by atoms with van der Waals surface area (Å²) in [5, 5.41) is 10.8. The first-order valence-electron chi connectivity index (χ1n) is 4.83. The van der Waals surface area contributed by atoms with Crippen molar-refractivity contribution in [2.75, 3.05) is 0 Å². The molecule has 17 heavy (non-hydrogen) atoms. The van der Waals surface area contributed by atoms with Crippen LogP contribution in [-0.4, -0.2) is 4.92 Å². The topological polar surface area (TPSA) is 52.4 Å². The fraction of sp³-hybridized carbons (Fsp3) is 0.